The van der Waals surface area contributed by atoms with Crippen molar-refractivity contribution in [3.05, 3.63) is 64.7 Å². The first-order chi connectivity index (χ1) is 16.1. The summed E-state index contributed by atoms with van der Waals surface area (Å²) in [4.78, 5) is 18.0. The smallest absolute Gasteiger partial charge is 0.254 e. The van der Waals surface area contributed by atoms with E-state index in [0.717, 1.165) is 62.1 Å². The number of nitrogens with zero attached hydrogens (tertiary/aromatic N) is 2. The van der Waals surface area contributed by atoms with Crippen molar-refractivity contribution in [2.45, 2.75) is 76.1 Å². The molecule has 2 saturated heterocycles. The molecule has 0 radical (unpaired) electrons. The van der Waals surface area contributed by atoms with Crippen molar-refractivity contribution in [1.82, 2.24) is 9.80 Å². The minimum atomic E-state index is -0.268. The topological polar surface area (TPSA) is 53.0 Å². The number of hydrogen-bond acceptors (Lipinski definition) is 4. The molecule has 2 unspecified atom stereocenters. The summed E-state index contributed by atoms with van der Waals surface area (Å²) in [6.45, 7) is 2.76. The van der Waals surface area contributed by atoms with Crippen LogP contribution < -0.4 is 4.74 Å². The number of hydrogen-bond donors (Lipinski definition) is 1. The van der Waals surface area contributed by atoms with Crippen LogP contribution in [0.15, 0.2) is 42.5 Å². The Balaban J connectivity index is 1.43. The molecular formula is C28H36N2O3. The minimum absolute atomic E-state index is 0.104. The molecule has 1 amide bonds. The van der Waals surface area contributed by atoms with Crippen molar-refractivity contribution in [1.29, 1.82) is 0 Å². The van der Waals surface area contributed by atoms with E-state index >= 15 is 0 Å². The number of fused-ring (bicyclic) bond motifs is 5. The maximum Gasteiger partial charge on any atom is 0.254 e. The first-order valence-electron chi connectivity index (χ1n) is 12.6. The van der Waals surface area contributed by atoms with Crippen molar-refractivity contribution < 1.29 is 14.6 Å². The van der Waals surface area contributed by atoms with E-state index in [9.17, 15) is 9.90 Å². The van der Waals surface area contributed by atoms with Gasteiger partial charge in [0.2, 0.25) is 0 Å². The number of aliphatic hydroxyl groups is 1. The van der Waals surface area contributed by atoms with Crippen LogP contribution in [-0.4, -0.2) is 59.2 Å². The number of rotatable bonds is 1. The van der Waals surface area contributed by atoms with Gasteiger partial charge >= 0.3 is 0 Å². The van der Waals surface area contributed by atoms with Gasteiger partial charge in [-0.15, -0.1) is 0 Å². The lowest BCUT2D eigenvalue weighted by Crippen LogP contribution is -2.48. The lowest BCUT2D eigenvalue weighted by atomic mass is 9.96. The molecule has 5 rings (SSSR count). The van der Waals surface area contributed by atoms with Crippen LogP contribution >= 0.6 is 0 Å². The molecule has 3 aliphatic heterocycles. The third-order valence-electron chi connectivity index (χ3n) is 7.53. The number of carbonyl (C=O) groups is 1. The van der Waals surface area contributed by atoms with Gasteiger partial charge in [-0.25, -0.2) is 0 Å². The van der Waals surface area contributed by atoms with Crippen molar-refractivity contribution in [3.8, 4) is 5.75 Å². The van der Waals surface area contributed by atoms with E-state index in [0.29, 0.717) is 19.4 Å². The van der Waals surface area contributed by atoms with Gasteiger partial charge in [-0.2, -0.15) is 0 Å². The standard InChI is InChI=1S/C28H36N2O3/c1-29-12-3-2-4-13-33-27-11-8-22(16-23(27)15-20-6-5-7-21(14-20)19-29)28(32)30-24-9-10-25(30)18-26(31)17-24/h5-8,11,14,16,24-26,31H,2-4,9-10,12-13,15,17-19H2,1H3. The Morgan fingerprint density at radius 3 is 2.61 bits per heavy atom. The maximum atomic E-state index is 13.5. The van der Waals surface area contributed by atoms with Gasteiger partial charge in [0.05, 0.1) is 12.7 Å². The summed E-state index contributed by atoms with van der Waals surface area (Å²) < 4.78 is 6.21. The molecule has 2 atom stereocenters. The summed E-state index contributed by atoms with van der Waals surface area (Å²) in [5, 5.41) is 10.1. The molecule has 0 spiro atoms. The largest absolute Gasteiger partial charge is 0.493 e. The van der Waals surface area contributed by atoms with Crippen LogP contribution in [0.4, 0.5) is 0 Å². The summed E-state index contributed by atoms with van der Waals surface area (Å²) in [7, 11) is 2.19. The molecule has 0 aromatic heterocycles. The fourth-order valence-electron chi connectivity index (χ4n) is 5.91. The monoisotopic (exact) mass is 448 g/mol. The van der Waals surface area contributed by atoms with Crippen molar-refractivity contribution >= 4 is 5.91 Å². The SMILES string of the molecule is CN1CCCCCOc2ccc(C(=O)N3C4CCC3CC(O)C4)cc2Cc2cccc(c2)C1. The van der Waals surface area contributed by atoms with Crippen molar-refractivity contribution in [2.75, 3.05) is 20.2 Å². The zero-order valence-electron chi connectivity index (χ0n) is 19.7. The van der Waals surface area contributed by atoms with Gasteiger partial charge in [0.1, 0.15) is 5.75 Å². The van der Waals surface area contributed by atoms with Gasteiger partial charge < -0.3 is 19.6 Å². The van der Waals surface area contributed by atoms with Gasteiger partial charge in [-0.3, -0.25) is 4.79 Å². The number of benzene rings is 2. The molecule has 4 bridgehead atoms. The van der Waals surface area contributed by atoms with Crippen LogP contribution in [0.2, 0.25) is 0 Å². The molecule has 0 saturated carbocycles. The molecule has 2 aromatic rings. The highest BCUT2D eigenvalue weighted by molar-refractivity contribution is 5.95. The van der Waals surface area contributed by atoms with Crippen LogP contribution in [0.25, 0.3) is 0 Å². The highest BCUT2D eigenvalue weighted by Gasteiger charge is 2.43. The van der Waals surface area contributed by atoms with Gasteiger partial charge in [-0.1, -0.05) is 24.3 Å². The number of aliphatic hydroxyl groups excluding tert-OH is 1. The Kier molecular flexibility index (Phi) is 6.70. The van der Waals surface area contributed by atoms with E-state index in [1.54, 1.807) is 0 Å². The van der Waals surface area contributed by atoms with E-state index in [4.69, 9.17) is 4.74 Å². The fraction of sp³-hybridized carbons (Fsp3) is 0.536. The summed E-state index contributed by atoms with van der Waals surface area (Å²) >= 11 is 0. The van der Waals surface area contributed by atoms with Crippen LogP contribution in [0, 0.1) is 0 Å². The number of piperidine rings is 1. The average molecular weight is 449 g/mol. The second kappa shape index (κ2) is 9.86. The van der Waals surface area contributed by atoms with Crippen molar-refractivity contribution in [3.63, 3.8) is 0 Å². The molecule has 2 aromatic carbocycles. The summed E-state index contributed by atoms with van der Waals surface area (Å²) in [5.74, 6) is 0.996. The van der Waals surface area contributed by atoms with E-state index in [1.165, 1.54) is 17.5 Å². The normalized spacial score (nSPS) is 26.2. The average Bonchev–Trinajstić information content (AvgIpc) is 3.07. The highest BCUT2D eigenvalue weighted by atomic mass is 16.5. The molecule has 5 heteroatoms. The summed E-state index contributed by atoms with van der Waals surface area (Å²) in [6.07, 6.45) is 7.27. The predicted molar refractivity (Wildman–Crippen MR) is 130 cm³/mol. The summed E-state index contributed by atoms with van der Waals surface area (Å²) in [6, 6.07) is 15.1. The van der Waals surface area contributed by atoms with E-state index in [1.807, 2.05) is 18.2 Å². The van der Waals surface area contributed by atoms with Gasteiger partial charge in [-0.05, 0) is 93.4 Å². The zero-order valence-corrected chi connectivity index (χ0v) is 19.7. The third-order valence-corrected chi connectivity index (χ3v) is 7.53. The molecule has 3 aliphatic rings. The lowest BCUT2D eigenvalue weighted by Gasteiger charge is -2.37. The lowest BCUT2D eigenvalue weighted by molar-refractivity contribution is 0.0287. The third kappa shape index (κ3) is 5.10. The van der Waals surface area contributed by atoms with Gasteiger partial charge in [0, 0.05) is 30.6 Å². The van der Waals surface area contributed by atoms with Gasteiger partial charge in [0.25, 0.3) is 5.91 Å². The van der Waals surface area contributed by atoms with E-state index in [-0.39, 0.29) is 24.1 Å². The van der Waals surface area contributed by atoms with Gasteiger partial charge in [0.15, 0.2) is 0 Å². The van der Waals surface area contributed by atoms with Crippen LogP contribution in [0.1, 0.15) is 72.0 Å². The Morgan fingerprint density at radius 2 is 1.79 bits per heavy atom. The Bertz CT molecular complexity index is 977. The predicted octanol–water partition coefficient (Wildman–Crippen LogP) is 4.40. The Labute approximate surface area is 197 Å². The van der Waals surface area contributed by atoms with Crippen molar-refractivity contribution in [2.24, 2.45) is 0 Å². The quantitative estimate of drug-likeness (QED) is 0.703. The molecule has 5 nitrogen and oxygen atoms in total. The first kappa shape index (κ1) is 22.4. The van der Waals surface area contributed by atoms with Crippen LogP contribution in [-0.2, 0) is 13.0 Å². The summed E-state index contributed by atoms with van der Waals surface area (Å²) in [5.41, 5.74) is 4.38. The van der Waals surface area contributed by atoms with Crippen LogP contribution in [0.3, 0.4) is 0 Å². The molecule has 2 fully saturated rings. The second-order valence-corrected chi connectivity index (χ2v) is 10.2. The molecule has 1 N–H and O–H groups in total. The van der Waals surface area contributed by atoms with E-state index in [2.05, 4.69) is 41.1 Å². The Morgan fingerprint density at radius 1 is 1.00 bits per heavy atom. The fourth-order valence-corrected chi connectivity index (χ4v) is 5.91. The Hall–Kier alpha value is -2.37. The highest BCUT2D eigenvalue weighted by Crippen LogP contribution is 2.37. The molecular weight excluding hydrogens is 412 g/mol. The molecule has 176 valence electrons. The zero-order chi connectivity index (χ0) is 22.8. The second-order valence-electron chi connectivity index (χ2n) is 10.2. The molecule has 33 heavy (non-hydrogen) atoms. The number of ether oxygens (including phenoxy) is 1. The minimum Gasteiger partial charge on any atom is -0.493 e. The van der Waals surface area contributed by atoms with E-state index < -0.39 is 0 Å². The van der Waals surface area contributed by atoms with Crippen LogP contribution in [0.5, 0.6) is 5.75 Å². The first-order valence-corrected chi connectivity index (χ1v) is 12.6. The number of amides is 1. The molecule has 0 aliphatic carbocycles. The molecule has 3 heterocycles. The maximum absolute atomic E-state index is 13.5. The number of carbonyl (C=O) groups excluding carboxylic acids is 1.